The van der Waals surface area contributed by atoms with Crippen LogP contribution < -0.4 is 5.32 Å². The minimum Gasteiger partial charge on any atom is -0.372 e. The Balaban J connectivity index is 1.79. The molecule has 2 aromatic rings. The third-order valence-corrected chi connectivity index (χ3v) is 4.45. The SMILES string of the molecule is CC1CN(C(=O)c2ccccc2NC(=O)c2ccc([N+](=O)[O-])cc2)CC(C)O1. The number of carbonyl (C=O) groups is 2. The number of benzene rings is 2. The van der Waals surface area contributed by atoms with Crippen LogP contribution in [-0.4, -0.2) is 46.9 Å². The highest BCUT2D eigenvalue weighted by molar-refractivity contribution is 6.09. The van der Waals surface area contributed by atoms with E-state index < -0.39 is 10.8 Å². The van der Waals surface area contributed by atoms with Gasteiger partial charge in [0.1, 0.15) is 0 Å². The third-order valence-electron chi connectivity index (χ3n) is 4.45. The van der Waals surface area contributed by atoms with Crippen LogP contribution in [0.2, 0.25) is 0 Å². The molecule has 1 aliphatic heterocycles. The second-order valence-corrected chi connectivity index (χ2v) is 6.77. The summed E-state index contributed by atoms with van der Waals surface area (Å²) in [6, 6.07) is 12.1. The molecule has 2 amide bonds. The zero-order chi connectivity index (χ0) is 20.3. The number of nitrogens with zero attached hydrogens (tertiary/aromatic N) is 2. The van der Waals surface area contributed by atoms with Gasteiger partial charge in [0.2, 0.25) is 0 Å². The van der Waals surface area contributed by atoms with Gasteiger partial charge in [-0.1, -0.05) is 12.1 Å². The molecule has 3 rings (SSSR count). The molecule has 0 bridgehead atoms. The molecule has 146 valence electrons. The van der Waals surface area contributed by atoms with E-state index in [1.807, 2.05) is 13.8 Å². The van der Waals surface area contributed by atoms with E-state index in [1.54, 1.807) is 29.2 Å². The molecule has 1 aliphatic rings. The zero-order valence-electron chi connectivity index (χ0n) is 15.6. The third kappa shape index (κ3) is 4.34. The van der Waals surface area contributed by atoms with Crippen LogP contribution in [0.25, 0.3) is 0 Å². The summed E-state index contributed by atoms with van der Waals surface area (Å²) >= 11 is 0. The van der Waals surface area contributed by atoms with Gasteiger partial charge in [0.25, 0.3) is 17.5 Å². The number of para-hydroxylation sites is 1. The highest BCUT2D eigenvalue weighted by Gasteiger charge is 2.28. The van der Waals surface area contributed by atoms with Crippen LogP contribution in [0, 0.1) is 10.1 Å². The maximum atomic E-state index is 13.0. The smallest absolute Gasteiger partial charge is 0.269 e. The number of nitrogens with one attached hydrogen (secondary N) is 1. The normalized spacial score (nSPS) is 19.1. The number of amides is 2. The number of anilines is 1. The number of hydrogen-bond acceptors (Lipinski definition) is 5. The van der Waals surface area contributed by atoms with E-state index in [4.69, 9.17) is 4.74 Å². The average Bonchev–Trinajstić information content (AvgIpc) is 2.67. The molecule has 1 saturated heterocycles. The monoisotopic (exact) mass is 383 g/mol. The van der Waals surface area contributed by atoms with Crippen LogP contribution in [-0.2, 0) is 4.74 Å². The van der Waals surface area contributed by atoms with Crippen LogP contribution in [0.15, 0.2) is 48.5 Å². The van der Waals surface area contributed by atoms with Gasteiger partial charge in [-0.2, -0.15) is 0 Å². The Morgan fingerprint density at radius 3 is 2.29 bits per heavy atom. The van der Waals surface area contributed by atoms with Gasteiger partial charge in [-0.05, 0) is 38.1 Å². The van der Waals surface area contributed by atoms with E-state index >= 15 is 0 Å². The molecule has 1 N–H and O–H groups in total. The Labute approximate surface area is 162 Å². The lowest BCUT2D eigenvalue weighted by atomic mass is 10.1. The lowest BCUT2D eigenvalue weighted by Gasteiger charge is -2.35. The Bertz CT molecular complexity index is 887. The number of hydrogen-bond donors (Lipinski definition) is 1. The molecular formula is C20H21N3O5. The number of non-ortho nitro benzene ring substituents is 1. The summed E-state index contributed by atoms with van der Waals surface area (Å²) in [6.45, 7) is 4.79. The lowest BCUT2D eigenvalue weighted by Crippen LogP contribution is -2.48. The predicted molar refractivity (Wildman–Crippen MR) is 103 cm³/mol. The summed E-state index contributed by atoms with van der Waals surface area (Å²) in [4.78, 5) is 37.5. The van der Waals surface area contributed by atoms with Crippen LogP contribution >= 0.6 is 0 Å². The first-order valence-electron chi connectivity index (χ1n) is 8.94. The van der Waals surface area contributed by atoms with Crippen LogP contribution in [0.1, 0.15) is 34.6 Å². The largest absolute Gasteiger partial charge is 0.372 e. The first kappa shape index (κ1) is 19.5. The molecule has 1 heterocycles. The van der Waals surface area contributed by atoms with Crippen molar-refractivity contribution in [2.24, 2.45) is 0 Å². The highest BCUT2D eigenvalue weighted by Crippen LogP contribution is 2.21. The fourth-order valence-electron chi connectivity index (χ4n) is 3.22. The molecule has 8 nitrogen and oxygen atoms in total. The molecule has 0 radical (unpaired) electrons. The zero-order valence-corrected chi connectivity index (χ0v) is 15.6. The fraction of sp³-hybridized carbons (Fsp3) is 0.300. The van der Waals surface area contributed by atoms with Gasteiger partial charge in [-0.3, -0.25) is 19.7 Å². The molecule has 0 aromatic heterocycles. The van der Waals surface area contributed by atoms with Crippen molar-refractivity contribution in [3.05, 3.63) is 69.8 Å². The first-order chi connectivity index (χ1) is 13.3. The molecule has 2 aromatic carbocycles. The van der Waals surface area contributed by atoms with Crippen molar-refractivity contribution in [1.29, 1.82) is 0 Å². The van der Waals surface area contributed by atoms with Crippen molar-refractivity contribution >= 4 is 23.2 Å². The van der Waals surface area contributed by atoms with Crippen molar-refractivity contribution in [2.45, 2.75) is 26.1 Å². The molecule has 8 heteroatoms. The van der Waals surface area contributed by atoms with E-state index in [0.29, 0.717) is 24.3 Å². The van der Waals surface area contributed by atoms with Gasteiger partial charge in [0.05, 0.1) is 28.4 Å². The minimum absolute atomic E-state index is 0.0606. The molecule has 28 heavy (non-hydrogen) atoms. The number of nitro benzene ring substituents is 1. The van der Waals surface area contributed by atoms with Crippen molar-refractivity contribution in [3.8, 4) is 0 Å². The molecule has 0 saturated carbocycles. The maximum absolute atomic E-state index is 13.0. The maximum Gasteiger partial charge on any atom is 0.269 e. The highest BCUT2D eigenvalue weighted by atomic mass is 16.6. The number of morpholine rings is 1. The summed E-state index contributed by atoms with van der Waals surface area (Å²) in [5.41, 5.74) is 0.950. The predicted octanol–water partition coefficient (Wildman–Crippen LogP) is 3.10. The summed E-state index contributed by atoms with van der Waals surface area (Å²) in [6.07, 6.45) is -0.121. The number of carbonyl (C=O) groups excluding carboxylic acids is 2. The fourth-order valence-corrected chi connectivity index (χ4v) is 3.22. The minimum atomic E-state index is -0.528. The van der Waals surface area contributed by atoms with Crippen molar-refractivity contribution in [1.82, 2.24) is 4.90 Å². The van der Waals surface area contributed by atoms with Crippen LogP contribution in [0.5, 0.6) is 0 Å². The van der Waals surface area contributed by atoms with Crippen molar-refractivity contribution in [3.63, 3.8) is 0 Å². The van der Waals surface area contributed by atoms with Gasteiger partial charge < -0.3 is 15.0 Å². The van der Waals surface area contributed by atoms with Gasteiger partial charge in [0, 0.05) is 30.8 Å². The Morgan fingerprint density at radius 2 is 1.68 bits per heavy atom. The quantitative estimate of drug-likeness (QED) is 0.646. The Morgan fingerprint density at radius 1 is 1.07 bits per heavy atom. The number of nitro groups is 1. The molecule has 1 fully saturated rings. The van der Waals surface area contributed by atoms with E-state index in [9.17, 15) is 19.7 Å². The van der Waals surface area contributed by atoms with Gasteiger partial charge in [-0.15, -0.1) is 0 Å². The van der Waals surface area contributed by atoms with Crippen molar-refractivity contribution < 1.29 is 19.2 Å². The molecule has 0 aliphatic carbocycles. The molecule has 2 unspecified atom stereocenters. The first-order valence-corrected chi connectivity index (χ1v) is 8.94. The van der Waals surface area contributed by atoms with E-state index in [-0.39, 0.29) is 29.4 Å². The summed E-state index contributed by atoms with van der Waals surface area (Å²) in [5.74, 6) is -0.625. The van der Waals surface area contributed by atoms with E-state index in [1.165, 1.54) is 24.3 Å². The standard InChI is InChI=1S/C20H21N3O5/c1-13-11-22(12-14(2)28-13)20(25)17-5-3-4-6-18(17)21-19(24)15-7-9-16(10-8-15)23(26)27/h3-10,13-14H,11-12H2,1-2H3,(H,21,24). The topological polar surface area (TPSA) is 102 Å². The molecule has 2 atom stereocenters. The van der Waals surface area contributed by atoms with Gasteiger partial charge in [-0.25, -0.2) is 0 Å². The van der Waals surface area contributed by atoms with E-state index in [0.717, 1.165) is 0 Å². The second-order valence-electron chi connectivity index (χ2n) is 6.77. The number of rotatable bonds is 4. The average molecular weight is 383 g/mol. The number of ether oxygens (including phenoxy) is 1. The molecular weight excluding hydrogens is 362 g/mol. The Kier molecular flexibility index (Phi) is 5.70. The summed E-state index contributed by atoms with van der Waals surface area (Å²) in [5, 5.41) is 13.5. The second kappa shape index (κ2) is 8.18. The van der Waals surface area contributed by atoms with Crippen molar-refractivity contribution in [2.75, 3.05) is 18.4 Å². The molecule has 0 spiro atoms. The lowest BCUT2D eigenvalue weighted by molar-refractivity contribution is -0.384. The van der Waals surface area contributed by atoms with Gasteiger partial charge >= 0.3 is 0 Å². The Hall–Kier alpha value is -3.26. The summed E-state index contributed by atoms with van der Waals surface area (Å²) in [7, 11) is 0. The van der Waals surface area contributed by atoms with Crippen LogP contribution in [0.3, 0.4) is 0 Å². The van der Waals surface area contributed by atoms with Gasteiger partial charge in [0.15, 0.2) is 0 Å². The van der Waals surface area contributed by atoms with Crippen LogP contribution in [0.4, 0.5) is 11.4 Å². The summed E-state index contributed by atoms with van der Waals surface area (Å²) < 4.78 is 5.67. The van der Waals surface area contributed by atoms with E-state index in [2.05, 4.69) is 5.32 Å².